The van der Waals surface area contributed by atoms with E-state index in [9.17, 15) is 9.90 Å². The van der Waals surface area contributed by atoms with Gasteiger partial charge in [0.1, 0.15) is 11.4 Å². The van der Waals surface area contributed by atoms with Crippen LogP contribution in [0.4, 0.5) is 0 Å². The van der Waals surface area contributed by atoms with Gasteiger partial charge in [-0.05, 0) is 50.8 Å². The molecule has 0 aromatic heterocycles. The smallest absolute Gasteiger partial charge is 0.334 e. The first-order chi connectivity index (χ1) is 16.2. The molecule has 7 heteroatoms. The van der Waals surface area contributed by atoms with Crippen molar-refractivity contribution in [1.82, 2.24) is 0 Å². The van der Waals surface area contributed by atoms with Crippen molar-refractivity contribution in [2.75, 3.05) is 28.4 Å². The normalized spacial score (nSPS) is 22.0. The summed E-state index contributed by atoms with van der Waals surface area (Å²) in [6.45, 7) is 7.08. The van der Waals surface area contributed by atoms with Crippen molar-refractivity contribution in [3.63, 3.8) is 0 Å². The number of rotatable bonds is 6. The van der Waals surface area contributed by atoms with Crippen LogP contribution in [-0.2, 0) is 16.0 Å². The van der Waals surface area contributed by atoms with Gasteiger partial charge in [-0.25, -0.2) is 4.79 Å². The topological polar surface area (TPSA) is 83.5 Å². The zero-order chi connectivity index (χ0) is 25.2. The van der Waals surface area contributed by atoms with Crippen molar-refractivity contribution in [2.24, 2.45) is 5.92 Å². The van der Waals surface area contributed by atoms with E-state index in [1.807, 2.05) is 25.1 Å². The number of hydrogen-bond acceptors (Lipinski definition) is 7. The highest BCUT2D eigenvalue weighted by molar-refractivity contribution is 5.89. The van der Waals surface area contributed by atoms with Crippen molar-refractivity contribution in [3.8, 4) is 34.1 Å². The molecule has 1 aliphatic rings. The monoisotopic (exact) mass is 470 g/mol. The molecule has 2 aromatic rings. The molecule has 0 saturated carbocycles. The van der Waals surface area contributed by atoms with E-state index >= 15 is 0 Å². The fourth-order valence-corrected chi connectivity index (χ4v) is 4.45. The number of methoxy groups -OCH3 is 4. The zero-order valence-corrected chi connectivity index (χ0v) is 21.1. The number of fused-ring (bicyclic) bond motifs is 3. The summed E-state index contributed by atoms with van der Waals surface area (Å²) in [6.07, 6.45) is 1.18. The van der Waals surface area contributed by atoms with E-state index < -0.39 is 17.7 Å². The number of ether oxygens (including phenoxy) is 5. The average molecular weight is 471 g/mol. The van der Waals surface area contributed by atoms with Gasteiger partial charge in [-0.1, -0.05) is 25.1 Å². The SMILES string of the molecule is C/C=C(\C)C(=O)O[C@H]1c2cc(OC)c(OC)c(OC)c2-c2c(cccc2OC)C[C@H](C)[C@]1(C)O. The second-order valence-electron chi connectivity index (χ2n) is 8.69. The highest BCUT2D eigenvalue weighted by atomic mass is 16.6. The Morgan fingerprint density at radius 1 is 1.03 bits per heavy atom. The number of allylic oxidation sites excluding steroid dienone is 1. The average Bonchev–Trinajstić information content (AvgIpc) is 2.84. The van der Waals surface area contributed by atoms with Gasteiger partial charge < -0.3 is 28.8 Å². The quantitative estimate of drug-likeness (QED) is 0.476. The van der Waals surface area contributed by atoms with Crippen molar-refractivity contribution in [3.05, 3.63) is 47.0 Å². The summed E-state index contributed by atoms with van der Waals surface area (Å²) in [5.74, 6) is 1.03. The standard InChI is InChI=1S/C27H34O7/c1-9-15(2)26(28)34-25-18-14-20(31-6)23(32-7)24(33-8)22(18)21-17(11-10-12-19(21)30-5)13-16(3)27(25,4)29/h9-12,14,16,25,29H,13H2,1-8H3/b15-9+/t16-,25-,27-/m0/s1. The van der Waals surface area contributed by atoms with E-state index in [1.165, 1.54) is 21.3 Å². The van der Waals surface area contributed by atoms with Crippen molar-refractivity contribution in [1.29, 1.82) is 0 Å². The number of aliphatic hydroxyl groups is 1. The van der Waals surface area contributed by atoms with Crippen LogP contribution in [0.3, 0.4) is 0 Å². The van der Waals surface area contributed by atoms with Gasteiger partial charge >= 0.3 is 5.97 Å². The van der Waals surface area contributed by atoms with E-state index in [1.54, 1.807) is 40.0 Å². The molecule has 0 saturated heterocycles. The summed E-state index contributed by atoms with van der Waals surface area (Å²) >= 11 is 0. The number of carbonyl (C=O) groups excluding carboxylic acids is 1. The van der Waals surface area contributed by atoms with Crippen LogP contribution in [0, 0.1) is 5.92 Å². The molecule has 0 radical (unpaired) electrons. The Hall–Kier alpha value is -3.19. The fraction of sp³-hybridized carbons (Fsp3) is 0.444. The summed E-state index contributed by atoms with van der Waals surface area (Å²) < 4.78 is 28.9. The van der Waals surface area contributed by atoms with E-state index in [0.717, 1.165) is 11.1 Å². The highest BCUT2D eigenvalue weighted by Crippen LogP contribution is 2.55. The maximum absolute atomic E-state index is 12.9. The Morgan fingerprint density at radius 2 is 1.68 bits per heavy atom. The van der Waals surface area contributed by atoms with Crippen LogP contribution in [0.5, 0.6) is 23.0 Å². The maximum Gasteiger partial charge on any atom is 0.334 e. The van der Waals surface area contributed by atoms with Gasteiger partial charge in [0.05, 0.1) is 28.4 Å². The van der Waals surface area contributed by atoms with Gasteiger partial charge in [0.25, 0.3) is 0 Å². The van der Waals surface area contributed by atoms with Crippen LogP contribution < -0.4 is 18.9 Å². The Kier molecular flexibility index (Phi) is 7.46. The number of hydrogen-bond donors (Lipinski definition) is 1. The van der Waals surface area contributed by atoms with Crippen molar-refractivity contribution in [2.45, 2.75) is 45.8 Å². The molecular formula is C27H34O7. The summed E-state index contributed by atoms with van der Waals surface area (Å²) in [5.41, 5.74) is 1.95. The maximum atomic E-state index is 12.9. The van der Waals surface area contributed by atoms with Crippen LogP contribution in [0.15, 0.2) is 35.9 Å². The second-order valence-corrected chi connectivity index (χ2v) is 8.69. The van der Waals surface area contributed by atoms with E-state index in [0.29, 0.717) is 46.1 Å². The van der Waals surface area contributed by atoms with Gasteiger partial charge in [0.2, 0.25) is 5.75 Å². The summed E-state index contributed by atoms with van der Waals surface area (Å²) in [7, 11) is 6.20. The Morgan fingerprint density at radius 3 is 2.24 bits per heavy atom. The molecule has 0 spiro atoms. The lowest BCUT2D eigenvalue weighted by Gasteiger charge is -2.41. The predicted octanol–water partition coefficient (Wildman–Crippen LogP) is 4.88. The van der Waals surface area contributed by atoms with Crippen LogP contribution in [0.2, 0.25) is 0 Å². The van der Waals surface area contributed by atoms with Crippen molar-refractivity contribution >= 4 is 5.97 Å². The molecule has 3 rings (SSSR count). The predicted molar refractivity (Wildman–Crippen MR) is 130 cm³/mol. The Balaban J connectivity index is 2.50. The molecule has 0 unspecified atom stereocenters. The molecule has 0 heterocycles. The lowest BCUT2D eigenvalue weighted by molar-refractivity contribution is -0.166. The molecule has 0 aliphatic heterocycles. The molecule has 3 atom stereocenters. The summed E-state index contributed by atoms with van der Waals surface area (Å²) in [5, 5.41) is 11.8. The molecule has 1 aliphatic carbocycles. The highest BCUT2D eigenvalue weighted by Gasteiger charge is 2.46. The van der Waals surface area contributed by atoms with Crippen LogP contribution in [0.25, 0.3) is 11.1 Å². The number of esters is 1. The minimum absolute atomic E-state index is 0.269. The zero-order valence-electron chi connectivity index (χ0n) is 21.1. The van der Waals surface area contributed by atoms with E-state index in [-0.39, 0.29) is 5.92 Å². The van der Waals surface area contributed by atoms with E-state index in [2.05, 4.69) is 0 Å². The van der Waals surface area contributed by atoms with Gasteiger partial charge in [-0.15, -0.1) is 0 Å². The van der Waals surface area contributed by atoms with Crippen LogP contribution in [-0.4, -0.2) is 45.1 Å². The molecule has 2 aromatic carbocycles. The first-order valence-electron chi connectivity index (χ1n) is 11.2. The first kappa shape index (κ1) is 25.4. The Labute approximate surface area is 201 Å². The molecule has 0 amide bonds. The fourth-order valence-electron chi connectivity index (χ4n) is 4.45. The van der Waals surface area contributed by atoms with Gasteiger partial charge in [-0.2, -0.15) is 0 Å². The minimum Gasteiger partial charge on any atom is -0.496 e. The van der Waals surface area contributed by atoms with Crippen LogP contribution >= 0.6 is 0 Å². The van der Waals surface area contributed by atoms with Crippen LogP contribution in [0.1, 0.15) is 44.9 Å². The lowest BCUT2D eigenvalue weighted by atomic mass is 9.73. The largest absolute Gasteiger partial charge is 0.496 e. The molecule has 0 bridgehead atoms. The third-order valence-corrected chi connectivity index (χ3v) is 6.76. The number of benzene rings is 2. The molecule has 0 fully saturated rings. The van der Waals surface area contributed by atoms with E-state index in [4.69, 9.17) is 23.7 Å². The number of carbonyl (C=O) groups is 1. The first-order valence-corrected chi connectivity index (χ1v) is 11.2. The van der Waals surface area contributed by atoms with Gasteiger partial charge in [0.15, 0.2) is 17.6 Å². The molecule has 34 heavy (non-hydrogen) atoms. The summed E-state index contributed by atoms with van der Waals surface area (Å²) in [6, 6.07) is 7.53. The van der Waals surface area contributed by atoms with Gasteiger partial charge in [-0.3, -0.25) is 0 Å². The Bertz CT molecular complexity index is 1100. The minimum atomic E-state index is -1.41. The molecule has 1 N–H and O–H groups in total. The third-order valence-electron chi connectivity index (χ3n) is 6.76. The molecule has 184 valence electrons. The lowest BCUT2D eigenvalue weighted by Crippen LogP contribution is -2.44. The van der Waals surface area contributed by atoms with Gasteiger partial charge in [0, 0.05) is 22.3 Å². The molecular weight excluding hydrogens is 436 g/mol. The summed E-state index contributed by atoms with van der Waals surface area (Å²) in [4.78, 5) is 12.9. The van der Waals surface area contributed by atoms with Crippen molar-refractivity contribution < 1.29 is 33.6 Å². The second kappa shape index (κ2) is 9.97. The third kappa shape index (κ3) is 4.20. The molecule has 7 nitrogen and oxygen atoms in total.